The quantitative estimate of drug-likeness (QED) is 0.682. The fraction of sp³-hybridized carbons (Fsp3) is 0.600. The molecular formula is C15H18ClNO4. The topological polar surface area (TPSA) is 72.6 Å². The average molecular weight is 312 g/mol. The largest absolute Gasteiger partial charge is 0.483 e. The highest BCUT2D eigenvalue weighted by atomic mass is 35.5. The van der Waals surface area contributed by atoms with Gasteiger partial charge >= 0.3 is 5.69 Å². The highest BCUT2D eigenvalue weighted by Gasteiger charge is 2.56. The Hall–Kier alpha value is -1.33. The van der Waals surface area contributed by atoms with Crippen LogP contribution in [0.4, 0.5) is 5.69 Å². The number of ether oxygens (including phenoxy) is 1. The van der Waals surface area contributed by atoms with E-state index in [1.54, 1.807) is 0 Å². The molecule has 2 saturated carbocycles. The van der Waals surface area contributed by atoms with E-state index in [1.165, 1.54) is 24.6 Å². The second-order valence-electron chi connectivity index (χ2n) is 6.02. The van der Waals surface area contributed by atoms with E-state index in [4.69, 9.17) is 16.3 Å². The Labute approximate surface area is 128 Å². The predicted octanol–water partition coefficient (Wildman–Crippen LogP) is 3.71. The summed E-state index contributed by atoms with van der Waals surface area (Å²) in [5.41, 5.74) is -0.305. The third-order valence-electron chi connectivity index (χ3n) is 4.91. The third kappa shape index (κ3) is 2.49. The molecule has 114 valence electrons. The fourth-order valence-electron chi connectivity index (χ4n) is 3.64. The number of halogens is 1. The van der Waals surface area contributed by atoms with E-state index in [1.807, 2.05) is 0 Å². The Morgan fingerprint density at radius 3 is 2.67 bits per heavy atom. The van der Waals surface area contributed by atoms with E-state index in [9.17, 15) is 15.2 Å². The van der Waals surface area contributed by atoms with Crippen molar-refractivity contribution in [2.75, 3.05) is 0 Å². The standard InChI is InChI=1S/C15H18ClNO4/c16-10-4-5-11(17(19)20)12(8-10)21-14-9-13(18)15(14)6-2-1-3-7-15/h4-5,8,13-14,18H,1-3,6-7,9H2. The molecule has 2 aliphatic carbocycles. The van der Waals surface area contributed by atoms with Gasteiger partial charge in [-0.05, 0) is 18.9 Å². The maximum Gasteiger partial charge on any atom is 0.311 e. The zero-order valence-corrected chi connectivity index (χ0v) is 12.4. The zero-order valence-electron chi connectivity index (χ0n) is 11.6. The number of nitrogens with zero attached hydrogens (tertiary/aromatic N) is 1. The van der Waals surface area contributed by atoms with Crippen LogP contribution < -0.4 is 4.74 Å². The molecule has 1 aromatic carbocycles. The van der Waals surface area contributed by atoms with Gasteiger partial charge in [-0.25, -0.2) is 0 Å². The van der Waals surface area contributed by atoms with Crippen LogP contribution in [0.5, 0.6) is 5.75 Å². The van der Waals surface area contributed by atoms with E-state index in [-0.39, 0.29) is 29.1 Å². The molecule has 3 rings (SSSR count). The highest BCUT2D eigenvalue weighted by Crippen LogP contribution is 2.53. The van der Waals surface area contributed by atoms with Gasteiger partial charge in [-0.2, -0.15) is 0 Å². The first-order chi connectivity index (χ1) is 10.0. The zero-order chi connectivity index (χ0) is 15.0. The molecule has 2 unspecified atom stereocenters. The SMILES string of the molecule is O=[N+]([O-])c1ccc(Cl)cc1OC1CC(O)C12CCCCC2. The Morgan fingerprint density at radius 2 is 2.05 bits per heavy atom. The maximum atomic E-state index is 11.1. The van der Waals surface area contributed by atoms with Crippen LogP contribution in [0.25, 0.3) is 0 Å². The number of hydrogen-bond acceptors (Lipinski definition) is 4. The molecule has 1 aromatic rings. The normalized spacial score (nSPS) is 27.1. The Balaban J connectivity index is 1.84. The maximum absolute atomic E-state index is 11.1. The number of rotatable bonds is 3. The van der Waals surface area contributed by atoms with Crippen LogP contribution in [-0.4, -0.2) is 22.2 Å². The first kappa shape index (κ1) is 14.6. The molecule has 0 aliphatic heterocycles. The molecule has 0 aromatic heterocycles. The molecule has 2 aliphatic rings. The summed E-state index contributed by atoms with van der Waals surface area (Å²) < 4.78 is 5.90. The molecule has 5 nitrogen and oxygen atoms in total. The number of aliphatic hydroxyl groups excluding tert-OH is 1. The van der Waals surface area contributed by atoms with Crippen molar-refractivity contribution in [3.8, 4) is 5.75 Å². The van der Waals surface area contributed by atoms with Gasteiger partial charge in [0.2, 0.25) is 0 Å². The average Bonchev–Trinajstić information content (AvgIpc) is 2.47. The van der Waals surface area contributed by atoms with Gasteiger partial charge in [-0.1, -0.05) is 30.9 Å². The summed E-state index contributed by atoms with van der Waals surface area (Å²) in [5.74, 6) is 0.203. The highest BCUT2D eigenvalue weighted by molar-refractivity contribution is 6.30. The third-order valence-corrected chi connectivity index (χ3v) is 5.15. The van der Waals surface area contributed by atoms with Crippen LogP contribution in [0.1, 0.15) is 38.5 Å². The molecule has 2 fully saturated rings. The molecule has 0 heterocycles. The first-order valence-corrected chi connectivity index (χ1v) is 7.69. The molecule has 0 bridgehead atoms. The van der Waals surface area contributed by atoms with Gasteiger partial charge in [0.1, 0.15) is 6.10 Å². The summed E-state index contributed by atoms with van der Waals surface area (Å²) >= 11 is 5.92. The summed E-state index contributed by atoms with van der Waals surface area (Å²) in [6.07, 6.45) is 5.19. The monoisotopic (exact) mass is 311 g/mol. The Bertz CT molecular complexity index is 557. The molecule has 0 radical (unpaired) electrons. The van der Waals surface area contributed by atoms with Crippen molar-refractivity contribution in [3.63, 3.8) is 0 Å². The summed E-state index contributed by atoms with van der Waals surface area (Å²) in [5, 5.41) is 21.7. The van der Waals surface area contributed by atoms with Crippen molar-refractivity contribution in [1.29, 1.82) is 0 Å². The van der Waals surface area contributed by atoms with E-state index in [0.717, 1.165) is 25.7 Å². The van der Waals surface area contributed by atoms with Crippen LogP contribution >= 0.6 is 11.6 Å². The van der Waals surface area contributed by atoms with E-state index < -0.39 is 4.92 Å². The van der Waals surface area contributed by atoms with Crippen molar-refractivity contribution >= 4 is 17.3 Å². The lowest BCUT2D eigenvalue weighted by Gasteiger charge is -2.54. The summed E-state index contributed by atoms with van der Waals surface area (Å²) in [6, 6.07) is 4.33. The van der Waals surface area contributed by atoms with Crippen LogP contribution in [-0.2, 0) is 0 Å². The van der Waals surface area contributed by atoms with Crippen molar-refractivity contribution in [2.24, 2.45) is 5.41 Å². The Morgan fingerprint density at radius 1 is 1.33 bits per heavy atom. The van der Waals surface area contributed by atoms with Crippen molar-refractivity contribution < 1.29 is 14.8 Å². The molecule has 21 heavy (non-hydrogen) atoms. The van der Waals surface area contributed by atoms with E-state index in [0.29, 0.717) is 11.4 Å². The van der Waals surface area contributed by atoms with Gasteiger partial charge in [-0.15, -0.1) is 0 Å². The Kier molecular flexibility index (Phi) is 3.80. The van der Waals surface area contributed by atoms with Crippen LogP contribution in [0.3, 0.4) is 0 Å². The number of nitro groups is 1. The van der Waals surface area contributed by atoms with Gasteiger partial charge in [-0.3, -0.25) is 10.1 Å². The molecule has 2 atom stereocenters. The minimum absolute atomic E-state index is 0.0771. The van der Waals surface area contributed by atoms with E-state index in [2.05, 4.69) is 0 Å². The molecule has 0 saturated heterocycles. The van der Waals surface area contributed by atoms with Crippen LogP contribution in [0.2, 0.25) is 5.02 Å². The van der Waals surface area contributed by atoms with Crippen LogP contribution in [0.15, 0.2) is 18.2 Å². The molecule has 0 amide bonds. The molecule has 1 N–H and O–H groups in total. The predicted molar refractivity (Wildman–Crippen MR) is 78.7 cm³/mol. The number of nitro benzene ring substituents is 1. The van der Waals surface area contributed by atoms with Gasteiger partial charge in [0.15, 0.2) is 5.75 Å². The number of aliphatic hydroxyl groups is 1. The van der Waals surface area contributed by atoms with Gasteiger partial charge < -0.3 is 9.84 Å². The summed E-state index contributed by atoms with van der Waals surface area (Å²) in [4.78, 5) is 10.6. The van der Waals surface area contributed by atoms with Crippen molar-refractivity contribution in [2.45, 2.75) is 50.7 Å². The van der Waals surface area contributed by atoms with Gasteiger partial charge in [0.25, 0.3) is 0 Å². The lowest BCUT2D eigenvalue weighted by Crippen LogP contribution is -2.60. The fourth-order valence-corrected chi connectivity index (χ4v) is 3.81. The smallest absolute Gasteiger partial charge is 0.311 e. The minimum atomic E-state index is -0.464. The molecule has 6 heteroatoms. The number of hydrogen-bond donors (Lipinski definition) is 1. The van der Waals surface area contributed by atoms with Crippen molar-refractivity contribution in [1.82, 2.24) is 0 Å². The van der Waals surface area contributed by atoms with Gasteiger partial charge in [0.05, 0.1) is 11.0 Å². The first-order valence-electron chi connectivity index (χ1n) is 7.31. The minimum Gasteiger partial charge on any atom is -0.483 e. The second kappa shape index (κ2) is 5.46. The molecular weight excluding hydrogens is 294 g/mol. The van der Waals surface area contributed by atoms with E-state index >= 15 is 0 Å². The lowest BCUT2D eigenvalue weighted by molar-refractivity contribution is -0.386. The van der Waals surface area contributed by atoms with Crippen molar-refractivity contribution in [3.05, 3.63) is 33.3 Å². The second-order valence-corrected chi connectivity index (χ2v) is 6.46. The summed E-state index contributed by atoms with van der Waals surface area (Å²) in [6.45, 7) is 0. The number of benzene rings is 1. The molecule has 1 spiro atoms. The summed E-state index contributed by atoms with van der Waals surface area (Å²) in [7, 11) is 0. The lowest BCUT2D eigenvalue weighted by atomic mass is 9.56. The van der Waals surface area contributed by atoms with Crippen LogP contribution in [0, 0.1) is 15.5 Å². The van der Waals surface area contributed by atoms with Gasteiger partial charge in [0, 0.05) is 29.0 Å².